The Morgan fingerprint density at radius 3 is 2.68 bits per heavy atom. The number of nitrogens with one attached hydrogen (secondary N) is 1. The smallest absolute Gasteiger partial charge is 0.339 e. The Bertz CT molecular complexity index is 1290. The summed E-state index contributed by atoms with van der Waals surface area (Å²) >= 11 is 0. The molecule has 6 nitrogen and oxygen atoms in total. The predicted octanol–water partition coefficient (Wildman–Crippen LogP) is 3.96. The minimum absolute atomic E-state index is 0.204. The lowest BCUT2D eigenvalue weighted by atomic mass is 9.93. The summed E-state index contributed by atoms with van der Waals surface area (Å²) in [7, 11) is 1.94. The van der Waals surface area contributed by atoms with Gasteiger partial charge < -0.3 is 14.6 Å². The van der Waals surface area contributed by atoms with Gasteiger partial charge in [-0.15, -0.1) is 0 Å². The number of hydrogen-bond acceptors (Lipinski definition) is 4. The highest BCUT2D eigenvalue weighted by Crippen LogP contribution is 2.31. The summed E-state index contributed by atoms with van der Waals surface area (Å²) in [6, 6.07) is 22.6. The van der Waals surface area contributed by atoms with Crippen molar-refractivity contribution < 1.29 is 14.3 Å². The zero-order valence-corrected chi connectivity index (χ0v) is 17.0. The Balaban J connectivity index is 1.34. The number of rotatable bonds is 4. The molecule has 0 fully saturated rings. The van der Waals surface area contributed by atoms with Gasteiger partial charge in [-0.2, -0.15) is 0 Å². The first-order valence-electron chi connectivity index (χ1n) is 10.2. The third-order valence-electron chi connectivity index (χ3n) is 5.70. The van der Waals surface area contributed by atoms with Crippen molar-refractivity contribution in [2.45, 2.75) is 19.1 Å². The SMILES string of the molecule is Cn1c(CNC(=O)c2ccc3c(c2)C[C@@H](c2ccccc2)OC3=O)nc2ccccc21. The molecule has 0 spiro atoms. The minimum atomic E-state index is -0.359. The Kier molecular flexibility index (Phi) is 4.75. The van der Waals surface area contributed by atoms with Gasteiger partial charge in [0.15, 0.2) is 0 Å². The molecular formula is C25H21N3O3. The molecular weight excluding hydrogens is 390 g/mol. The van der Waals surface area contributed by atoms with Crippen molar-refractivity contribution in [2.75, 3.05) is 0 Å². The number of benzene rings is 3. The van der Waals surface area contributed by atoms with Crippen molar-refractivity contribution in [1.29, 1.82) is 0 Å². The summed E-state index contributed by atoms with van der Waals surface area (Å²) in [6.07, 6.45) is 0.191. The van der Waals surface area contributed by atoms with E-state index in [1.807, 2.05) is 66.2 Å². The van der Waals surface area contributed by atoms with Gasteiger partial charge in [-0.05, 0) is 41.5 Å². The van der Waals surface area contributed by atoms with Gasteiger partial charge in [-0.3, -0.25) is 4.79 Å². The number of para-hydroxylation sites is 2. The molecule has 1 atom stereocenters. The molecule has 1 aliphatic rings. The quantitative estimate of drug-likeness (QED) is 0.516. The third kappa shape index (κ3) is 3.57. The Labute approximate surface area is 179 Å². The zero-order chi connectivity index (χ0) is 21.4. The van der Waals surface area contributed by atoms with Crippen LogP contribution in [0.5, 0.6) is 0 Å². The molecule has 0 radical (unpaired) electrons. The topological polar surface area (TPSA) is 73.2 Å². The molecule has 154 valence electrons. The van der Waals surface area contributed by atoms with E-state index in [0.717, 1.165) is 28.0 Å². The Hall–Kier alpha value is -3.93. The summed E-state index contributed by atoms with van der Waals surface area (Å²) in [5, 5.41) is 2.94. The Morgan fingerprint density at radius 1 is 1.10 bits per heavy atom. The number of nitrogens with zero attached hydrogens (tertiary/aromatic N) is 2. The van der Waals surface area contributed by atoms with Crippen molar-refractivity contribution in [3.05, 3.63) is 101 Å². The van der Waals surface area contributed by atoms with Crippen molar-refractivity contribution >= 4 is 22.9 Å². The number of esters is 1. The molecule has 1 aliphatic heterocycles. The van der Waals surface area contributed by atoms with Gasteiger partial charge in [0.1, 0.15) is 11.9 Å². The van der Waals surface area contributed by atoms with Crippen LogP contribution < -0.4 is 5.32 Å². The zero-order valence-electron chi connectivity index (χ0n) is 17.0. The second-order valence-electron chi connectivity index (χ2n) is 7.64. The summed E-state index contributed by atoms with van der Waals surface area (Å²) in [6.45, 7) is 0.315. The van der Waals surface area contributed by atoms with E-state index in [0.29, 0.717) is 24.1 Å². The van der Waals surface area contributed by atoms with E-state index in [4.69, 9.17) is 4.74 Å². The van der Waals surface area contributed by atoms with Gasteiger partial charge in [0.05, 0.1) is 23.1 Å². The van der Waals surface area contributed by atoms with Gasteiger partial charge in [0.25, 0.3) is 5.91 Å². The number of carbonyl (C=O) groups is 2. The average Bonchev–Trinajstić information content (AvgIpc) is 3.13. The van der Waals surface area contributed by atoms with Crippen LogP contribution in [0, 0.1) is 0 Å². The summed E-state index contributed by atoms with van der Waals surface area (Å²) < 4.78 is 7.57. The van der Waals surface area contributed by atoms with Crippen LogP contribution in [-0.4, -0.2) is 21.4 Å². The van der Waals surface area contributed by atoms with Crippen LogP contribution in [0.4, 0.5) is 0 Å². The van der Waals surface area contributed by atoms with Gasteiger partial charge in [-0.25, -0.2) is 9.78 Å². The normalized spacial score (nSPS) is 15.4. The maximum Gasteiger partial charge on any atom is 0.339 e. The summed E-state index contributed by atoms with van der Waals surface area (Å²) in [5.41, 5.74) is 4.70. The van der Waals surface area contributed by atoms with Crippen LogP contribution in [0.1, 0.15) is 43.8 Å². The number of fused-ring (bicyclic) bond motifs is 2. The number of amides is 1. The van der Waals surface area contributed by atoms with Crippen molar-refractivity contribution in [1.82, 2.24) is 14.9 Å². The van der Waals surface area contributed by atoms with E-state index < -0.39 is 0 Å². The van der Waals surface area contributed by atoms with Crippen LogP contribution in [0.25, 0.3) is 11.0 Å². The number of cyclic esters (lactones) is 1. The van der Waals surface area contributed by atoms with E-state index >= 15 is 0 Å². The molecule has 4 aromatic rings. The maximum absolute atomic E-state index is 12.8. The highest BCUT2D eigenvalue weighted by molar-refractivity contribution is 5.97. The van der Waals surface area contributed by atoms with E-state index in [-0.39, 0.29) is 18.0 Å². The molecule has 1 N–H and O–H groups in total. The summed E-state index contributed by atoms with van der Waals surface area (Å²) in [4.78, 5) is 29.8. The highest BCUT2D eigenvalue weighted by Gasteiger charge is 2.28. The number of imidazole rings is 1. The maximum atomic E-state index is 12.8. The number of aromatic nitrogens is 2. The lowest BCUT2D eigenvalue weighted by Crippen LogP contribution is -2.26. The van der Waals surface area contributed by atoms with E-state index in [9.17, 15) is 9.59 Å². The molecule has 5 rings (SSSR count). The van der Waals surface area contributed by atoms with Crippen LogP contribution in [-0.2, 0) is 24.8 Å². The molecule has 0 saturated carbocycles. The van der Waals surface area contributed by atoms with Gasteiger partial charge >= 0.3 is 5.97 Å². The number of hydrogen-bond donors (Lipinski definition) is 1. The molecule has 1 amide bonds. The molecule has 31 heavy (non-hydrogen) atoms. The van der Waals surface area contributed by atoms with Crippen LogP contribution >= 0.6 is 0 Å². The standard InChI is InChI=1S/C25H21N3O3/c1-28-21-10-6-5-9-20(21)27-23(28)15-26-24(29)17-11-12-19-18(13-17)14-22(31-25(19)30)16-7-3-2-4-8-16/h2-13,22H,14-15H2,1H3,(H,26,29)/t22-/m0/s1. The molecule has 0 saturated heterocycles. The lowest BCUT2D eigenvalue weighted by Gasteiger charge is -2.25. The van der Waals surface area contributed by atoms with Crippen LogP contribution in [0.3, 0.4) is 0 Å². The predicted molar refractivity (Wildman–Crippen MR) is 117 cm³/mol. The fourth-order valence-corrected chi connectivity index (χ4v) is 4.01. The third-order valence-corrected chi connectivity index (χ3v) is 5.70. The number of carbonyl (C=O) groups excluding carboxylic acids is 2. The molecule has 1 aromatic heterocycles. The first-order chi connectivity index (χ1) is 15.1. The Morgan fingerprint density at radius 2 is 1.87 bits per heavy atom. The lowest BCUT2D eigenvalue weighted by molar-refractivity contribution is 0.0252. The fraction of sp³-hybridized carbons (Fsp3) is 0.160. The van der Waals surface area contributed by atoms with Gasteiger partial charge in [0, 0.05) is 19.0 Å². The molecule has 0 bridgehead atoms. The number of ether oxygens (including phenoxy) is 1. The van der Waals surface area contributed by atoms with Crippen LogP contribution in [0.2, 0.25) is 0 Å². The van der Waals surface area contributed by atoms with Gasteiger partial charge in [-0.1, -0.05) is 42.5 Å². The monoisotopic (exact) mass is 411 g/mol. The number of aryl methyl sites for hydroxylation is 1. The van der Waals surface area contributed by atoms with Crippen molar-refractivity contribution in [3.8, 4) is 0 Å². The molecule has 0 unspecified atom stereocenters. The van der Waals surface area contributed by atoms with Crippen molar-refractivity contribution in [3.63, 3.8) is 0 Å². The highest BCUT2D eigenvalue weighted by atomic mass is 16.5. The average molecular weight is 411 g/mol. The first-order valence-corrected chi connectivity index (χ1v) is 10.2. The first kappa shape index (κ1) is 19.1. The molecule has 3 aromatic carbocycles. The minimum Gasteiger partial charge on any atom is -0.454 e. The van der Waals surface area contributed by atoms with Crippen LogP contribution in [0.15, 0.2) is 72.8 Å². The van der Waals surface area contributed by atoms with Crippen molar-refractivity contribution in [2.24, 2.45) is 7.05 Å². The van der Waals surface area contributed by atoms with Gasteiger partial charge in [0.2, 0.25) is 0 Å². The fourth-order valence-electron chi connectivity index (χ4n) is 4.01. The second-order valence-corrected chi connectivity index (χ2v) is 7.64. The second kappa shape index (κ2) is 7.72. The summed E-state index contributed by atoms with van der Waals surface area (Å²) in [5.74, 6) is 0.215. The van der Waals surface area contributed by atoms with E-state index in [1.54, 1.807) is 18.2 Å². The van der Waals surface area contributed by atoms with E-state index in [1.165, 1.54) is 0 Å². The largest absolute Gasteiger partial charge is 0.454 e. The molecule has 6 heteroatoms. The van der Waals surface area contributed by atoms with E-state index in [2.05, 4.69) is 10.3 Å². The molecule has 2 heterocycles. The molecule has 0 aliphatic carbocycles.